The highest BCUT2D eigenvalue weighted by Gasteiger charge is 2.42. The van der Waals surface area contributed by atoms with Gasteiger partial charge in [0.05, 0.1) is 5.37 Å². The molecule has 0 bridgehead atoms. The Balaban J connectivity index is 2.91. The summed E-state index contributed by atoms with van der Waals surface area (Å²) in [4.78, 5) is 37.8. The van der Waals surface area contributed by atoms with Crippen LogP contribution in [0.5, 0.6) is 0 Å². The summed E-state index contributed by atoms with van der Waals surface area (Å²) < 4.78 is 0. The van der Waals surface area contributed by atoms with Crippen molar-refractivity contribution in [1.82, 2.24) is 9.80 Å². The number of hydrogen-bond acceptors (Lipinski definition) is 4. The molecule has 2 unspecified atom stereocenters. The molecular weight excluding hydrogens is 294 g/mol. The van der Waals surface area contributed by atoms with Crippen LogP contribution in [-0.2, 0) is 9.59 Å². The van der Waals surface area contributed by atoms with Gasteiger partial charge in [-0.2, -0.15) is 0 Å². The van der Waals surface area contributed by atoms with E-state index in [1.165, 1.54) is 21.6 Å². The fraction of sp³-hybridized carbons (Fsp3) is 0.769. The van der Waals surface area contributed by atoms with Crippen LogP contribution in [-0.4, -0.2) is 63.1 Å². The lowest BCUT2D eigenvalue weighted by Crippen LogP contribution is -2.53. The quantitative estimate of drug-likeness (QED) is 0.727. The van der Waals surface area contributed by atoms with Crippen LogP contribution >= 0.6 is 11.8 Å². The summed E-state index contributed by atoms with van der Waals surface area (Å²) in [5, 5.41) is 9.10. The molecule has 0 aromatic heterocycles. The van der Waals surface area contributed by atoms with E-state index in [4.69, 9.17) is 5.73 Å². The van der Waals surface area contributed by atoms with Gasteiger partial charge in [0.25, 0.3) is 0 Å². The Hall–Kier alpha value is -1.44. The van der Waals surface area contributed by atoms with Crippen LogP contribution < -0.4 is 5.73 Å². The molecule has 120 valence electrons. The average molecular weight is 317 g/mol. The molecule has 1 heterocycles. The molecule has 0 radical (unpaired) electrons. The summed E-state index contributed by atoms with van der Waals surface area (Å²) in [6, 6.07) is -1.25. The minimum absolute atomic E-state index is 0.171. The first-order valence-electron chi connectivity index (χ1n) is 7.12. The smallest absolute Gasteiger partial charge is 0.327 e. The number of carbonyl (C=O) groups is 3. The normalized spacial score (nSPS) is 21.3. The molecule has 0 aromatic rings. The predicted molar refractivity (Wildman–Crippen MR) is 80.9 cm³/mol. The third-order valence-corrected chi connectivity index (χ3v) is 4.80. The molecule has 21 heavy (non-hydrogen) atoms. The van der Waals surface area contributed by atoms with Gasteiger partial charge < -0.3 is 15.7 Å². The summed E-state index contributed by atoms with van der Waals surface area (Å²) >= 11 is 1.46. The fourth-order valence-electron chi connectivity index (χ4n) is 2.27. The van der Waals surface area contributed by atoms with Crippen molar-refractivity contribution in [1.29, 1.82) is 0 Å². The first-order chi connectivity index (χ1) is 9.92. The van der Waals surface area contributed by atoms with Crippen LogP contribution in [0.25, 0.3) is 0 Å². The zero-order chi connectivity index (χ0) is 16.0. The fourth-order valence-corrected chi connectivity index (χ4v) is 3.61. The number of aliphatic carboxylic acids is 1. The lowest BCUT2D eigenvalue weighted by Gasteiger charge is -2.32. The topological polar surface area (TPSA) is 104 Å². The first-order valence-corrected chi connectivity index (χ1v) is 8.17. The molecule has 2 atom stereocenters. The third-order valence-electron chi connectivity index (χ3n) is 3.35. The Labute approximate surface area is 128 Å². The van der Waals surface area contributed by atoms with Gasteiger partial charge in [0.1, 0.15) is 12.6 Å². The Bertz CT molecular complexity index is 405. The van der Waals surface area contributed by atoms with Crippen molar-refractivity contribution >= 4 is 29.7 Å². The van der Waals surface area contributed by atoms with Crippen LogP contribution in [0.15, 0.2) is 0 Å². The first kappa shape index (κ1) is 17.6. The van der Waals surface area contributed by atoms with Crippen molar-refractivity contribution in [2.75, 3.05) is 18.8 Å². The Morgan fingerprint density at radius 2 is 2.05 bits per heavy atom. The zero-order valence-electron chi connectivity index (χ0n) is 12.4. The average Bonchev–Trinajstić information content (AvgIpc) is 2.86. The monoisotopic (exact) mass is 317 g/mol. The van der Waals surface area contributed by atoms with E-state index in [0.29, 0.717) is 18.7 Å². The summed E-state index contributed by atoms with van der Waals surface area (Å²) in [7, 11) is 0. The van der Waals surface area contributed by atoms with E-state index in [2.05, 4.69) is 0 Å². The maximum Gasteiger partial charge on any atom is 0.327 e. The summed E-state index contributed by atoms with van der Waals surface area (Å²) in [6.07, 6.45) is 2.28. The number of primary amides is 1. The number of rotatable bonds is 7. The molecule has 0 aliphatic carbocycles. The molecule has 3 amide bonds. The van der Waals surface area contributed by atoms with Gasteiger partial charge in [-0.25, -0.2) is 9.59 Å². The van der Waals surface area contributed by atoms with Crippen molar-refractivity contribution in [3.05, 3.63) is 0 Å². The Morgan fingerprint density at radius 3 is 2.52 bits per heavy atom. The second-order valence-electron chi connectivity index (χ2n) is 4.98. The highest BCUT2D eigenvalue weighted by molar-refractivity contribution is 8.00. The van der Waals surface area contributed by atoms with E-state index in [0.717, 1.165) is 12.8 Å². The molecule has 1 aliphatic heterocycles. The van der Waals surface area contributed by atoms with E-state index < -0.39 is 23.9 Å². The molecule has 0 saturated carbocycles. The van der Waals surface area contributed by atoms with Gasteiger partial charge in [-0.05, 0) is 12.8 Å². The molecule has 0 spiro atoms. The second kappa shape index (κ2) is 8.11. The number of unbranched alkanes of at least 4 members (excludes halogenated alkanes) is 1. The summed E-state index contributed by atoms with van der Waals surface area (Å²) in [6.45, 7) is 4.12. The van der Waals surface area contributed by atoms with Crippen molar-refractivity contribution < 1.29 is 19.5 Å². The Morgan fingerprint density at radius 1 is 1.38 bits per heavy atom. The number of nitrogens with two attached hydrogens (primary N) is 1. The number of amides is 3. The highest BCUT2D eigenvalue weighted by atomic mass is 32.2. The summed E-state index contributed by atoms with van der Waals surface area (Å²) in [5.41, 5.74) is 5.19. The second-order valence-corrected chi connectivity index (χ2v) is 6.19. The molecule has 1 rings (SSSR count). The van der Waals surface area contributed by atoms with E-state index >= 15 is 0 Å². The van der Waals surface area contributed by atoms with E-state index in [9.17, 15) is 19.5 Å². The number of nitrogens with zero attached hydrogens (tertiary/aromatic N) is 2. The zero-order valence-corrected chi connectivity index (χ0v) is 13.3. The van der Waals surface area contributed by atoms with E-state index in [1.54, 1.807) is 0 Å². The van der Waals surface area contributed by atoms with E-state index in [1.807, 2.05) is 13.8 Å². The van der Waals surface area contributed by atoms with Crippen LogP contribution in [0.4, 0.5) is 4.79 Å². The van der Waals surface area contributed by atoms with Crippen molar-refractivity contribution in [2.45, 2.75) is 44.5 Å². The van der Waals surface area contributed by atoms with Crippen molar-refractivity contribution in [3.63, 3.8) is 0 Å². The van der Waals surface area contributed by atoms with Gasteiger partial charge in [-0.1, -0.05) is 20.3 Å². The SMILES string of the molecule is CCCCN(CC(N)=O)C(=O)N1C(CC)SCC1C(=O)O. The maximum atomic E-state index is 12.6. The predicted octanol–water partition coefficient (Wildman–Crippen LogP) is 0.932. The minimum Gasteiger partial charge on any atom is -0.480 e. The summed E-state index contributed by atoms with van der Waals surface area (Å²) in [5.74, 6) is -1.23. The van der Waals surface area contributed by atoms with Crippen molar-refractivity contribution in [3.8, 4) is 0 Å². The van der Waals surface area contributed by atoms with Crippen LogP contribution in [0.2, 0.25) is 0 Å². The van der Waals surface area contributed by atoms with Crippen molar-refractivity contribution in [2.24, 2.45) is 5.73 Å². The maximum absolute atomic E-state index is 12.6. The third kappa shape index (κ3) is 4.52. The number of urea groups is 1. The minimum atomic E-state index is -1.01. The molecule has 1 saturated heterocycles. The van der Waals surface area contributed by atoms with Gasteiger partial charge in [0.2, 0.25) is 5.91 Å². The molecule has 1 fully saturated rings. The van der Waals surface area contributed by atoms with Gasteiger partial charge in [0.15, 0.2) is 0 Å². The number of thioether (sulfide) groups is 1. The van der Waals surface area contributed by atoms with Crippen LogP contribution in [0.3, 0.4) is 0 Å². The van der Waals surface area contributed by atoms with Gasteiger partial charge in [0, 0.05) is 12.3 Å². The van der Waals surface area contributed by atoms with Gasteiger partial charge in [-0.3, -0.25) is 9.69 Å². The van der Waals surface area contributed by atoms with Crippen LogP contribution in [0.1, 0.15) is 33.1 Å². The Kier molecular flexibility index (Phi) is 6.80. The molecule has 8 heteroatoms. The van der Waals surface area contributed by atoms with Gasteiger partial charge in [-0.15, -0.1) is 11.8 Å². The lowest BCUT2D eigenvalue weighted by atomic mass is 10.2. The molecule has 1 aliphatic rings. The van der Waals surface area contributed by atoms with Crippen LogP contribution in [0, 0.1) is 0 Å². The molecule has 7 nitrogen and oxygen atoms in total. The highest BCUT2D eigenvalue weighted by Crippen LogP contribution is 2.32. The molecule has 3 N–H and O–H groups in total. The standard InChI is InChI=1S/C13H23N3O4S/c1-3-5-6-15(7-10(14)17)13(20)16-9(12(18)19)8-21-11(16)4-2/h9,11H,3-8H2,1-2H3,(H2,14,17)(H,18,19). The number of hydrogen-bond donors (Lipinski definition) is 2. The number of carboxylic acids is 1. The largest absolute Gasteiger partial charge is 0.480 e. The number of carbonyl (C=O) groups excluding carboxylic acids is 2. The lowest BCUT2D eigenvalue weighted by molar-refractivity contribution is -0.141. The van der Waals surface area contributed by atoms with E-state index in [-0.39, 0.29) is 11.9 Å². The molecular formula is C13H23N3O4S. The molecule has 0 aromatic carbocycles. The number of carboxylic acid groups (broad SMARTS) is 1. The van der Waals surface area contributed by atoms with Gasteiger partial charge >= 0.3 is 12.0 Å².